The predicted molar refractivity (Wildman–Crippen MR) is 110 cm³/mol. The number of para-hydroxylation sites is 1. The number of anilines is 1. The van der Waals surface area contributed by atoms with E-state index in [0.717, 1.165) is 35.3 Å². The summed E-state index contributed by atoms with van der Waals surface area (Å²) in [7, 11) is 0. The van der Waals surface area contributed by atoms with E-state index in [1.165, 1.54) is 0 Å². The highest BCUT2D eigenvalue weighted by molar-refractivity contribution is 5.97. The summed E-state index contributed by atoms with van der Waals surface area (Å²) in [5.74, 6) is 0.753. The third kappa shape index (κ3) is 5.25. The van der Waals surface area contributed by atoms with Crippen molar-refractivity contribution in [1.82, 2.24) is 10.6 Å². The maximum absolute atomic E-state index is 12.2. The highest BCUT2D eigenvalue weighted by atomic mass is 16.5. The Morgan fingerprint density at radius 1 is 1.04 bits per heavy atom. The topological polar surface area (TPSA) is 79.5 Å². The molecule has 1 saturated carbocycles. The summed E-state index contributed by atoms with van der Waals surface area (Å²) in [5, 5.41) is 8.55. The van der Waals surface area contributed by atoms with Crippen molar-refractivity contribution < 1.29 is 14.3 Å². The average molecular weight is 381 g/mol. The molecule has 0 saturated heterocycles. The second kappa shape index (κ2) is 8.78. The van der Waals surface area contributed by atoms with Crippen LogP contribution in [0.5, 0.6) is 5.75 Å². The fourth-order valence-corrected chi connectivity index (χ4v) is 2.91. The standard InChI is InChI=1S/C22H27N3O3/c1-14-7-8-17(21(26)24-18-9-10-18)13-19(14)25-22(27)23-11-12-28-20-15(2)5-4-6-16(20)3/h4-8,13,18H,9-12H2,1-3H3,(H,24,26)(H2,23,25,27). The van der Waals surface area contributed by atoms with Gasteiger partial charge in [0.05, 0.1) is 6.54 Å². The Morgan fingerprint density at radius 2 is 1.75 bits per heavy atom. The van der Waals surface area contributed by atoms with E-state index in [0.29, 0.717) is 30.4 Å². The average Bonchev–Trinajstić information content (AvgIpc) is 3.46. The molecular formula is C22H27N3O3. The number of ether oxygens (including phenoxy) is 1. The second-order valence-corrected chi connectivity index (χ2v) is 7.23. The van der Waals surface area contributed by atoms with Gasteiger partial charge in [0.1, 0.15) is 12.4 Å². The molecule has 0 aromatic heterocycles. The molecule has 6 nitrogen and oxygen atoms in total. The minimum atomic E-state index is -0.326. The normalized spacial score (nSPS) is 13.0. The van der Waals surface area contributed by atoms with E-state index in [-0.39, 0.29) is 11.9 Å². The Bertz CT molecular complexity index is 855. The molecule has 1 aliphatic carbocycles. The van der Waals surface area contributed by atoms with Crippen LogP contribution in [0.1, 0.15) is 39.9 Å². The van der Waals surface area contributed by atoms with Crippen LogP contribution in [0.2, 0.25) is 0 Å². The predicted octanol–water partition coefficient (Wildman–Crippen LogP) is 3.70. The quantitative estimate of drug-likeness (QED) is 0.640. The van der Waals surface area contributed by atoms with Crippen molar-refractivity contribution in [2.45, 2.75) is 39.7 Å². The van der Waals surface area contributed by atoms with Crippen molar-refractivity contribution in [2.24, 2.45) is 0 Å². The van der Waals surface area contributed by atoms with Gasteiger partial charge in [0.25, 0.3) is 5.91 Å². The Morgan fingerprint density at radius 3 is 2.43 bits per heavy atom. The number of benzene rings is 2. The summed E-state index contributed by atoms with van der Waals surface area (Å²) >= 11 is 0. The number of amides is 3. The van der Waals surface area contributed by atoms with Gasteiger partial charge in [-0.05, 0) is 62.4 Å². The second-order valence-electron chi connectivity index (χ2n) is 7.23. The van der Waals surface area contributed by atoms with E-state index in [9.17, 15) is 9.59 Å². The summed E-state index contributed by atoms with van der Waals surface area (Å²) in [6, 6.07) is 11.3. The van der Waals surface area contributed by atoms with E-state index < -0.39 is 0 Å². The highest BCUT2D eigenvalue weighted by Gasteiger charge is 2.24. The molecule has 1 aliphatic rings. The third-order valence-electron chi connectivity index (χ3n) is 4.70. The molecule has 148 valence electrons. The van der Waals surface area contributed by atoms with Crippen molar-refractivity contribution in [1.29, 1.82) is 0 Å². The number of urea groups is 1. The van der Waals surface area contributed by atoms with Crippen LogP contribution < -0.4 is 20.7 Å². The number of rotatable bonds is 7. The first kappa shape index (κ1) is 19.7. The van der Waals surface area contributed by atoms with Gasteiger partial charge in [0.2, 0.25) is 0 Å². The smallest absolute Gasteiger partial charge is 0.319 e. The van der Waals surface area contributed by atoms with Gasteiger partial charge in [-0.2, -0.15) is 0 Å². The van der Waals surface area contributed by atoms with Crippen LogP contribution >= 0.6 is 0 Å². The molecule has 2 aromatic rings. The van der Waals surface area contributed by atoms with Crippen LogP contribution in [-0.2, 0) is 0 Å². The first-order valence-electron chi connectivity index (χ1n) is 9.59. The zero-order valence-electron chi connectivity index (χ0n) is 16.6. The first-order chi connectivity index (χ1) is 13.4. The summed E-state index contributed by atoms with van der Waals surface area (Å²) in [6.07, 6.45) is 2.07. The Labute approximate surface area is 165 Å². The van der Waals surface area contributed by atoms with Crippen LogP contribution in [0, 0.1) is 20.8 Å². The molecule has 2 aromatic carbocycles. The van der Waals surface area contributed by atoms with E-state index in [2.05, 4.69) is 16.0 Å². The molecule has 0 radical (unpaired) electrons. The molecule has 0 spiro atoms. The lowest BCUT2D eigenvalue weighted by atomic mass is 10.1. The van der Waals surface area contributed by atoms with E-state index in [1.807, 2.05) is 45.0 Å². The lowest BCUT2D eigenvalue weighted by Gasteiger charge is -2.14. The molecule has 3 N–H and O–H groups in total. The van der Waals surface area contributed by atoms with Crippen molar-refractivity contribution in [3.05, 3.63) is 58.7 Å². The van der Waals surface area contributed by atoms with Gasteiger partial charge in [0, 0.05) is 17.3 Å². The molecule has 28 heavy (non-hydrogen) atoms. The van der Waals surface area contributed by atoms with Gasteiger partial charge in [-0.1, -0.05) is 24.3 Å². The van der Waals surface area contributed by atoms with Gasteiger partial charge in [-0.15, -0.1) is 0 Å². The van der Waals surface area contributed by atoms with E-state index >= 15 is 0 Å². The summed E-state index contributed by atoms with van der Waals surface area (Å²) in [6.45, 7) is 6.64. The zero-order chi connectivity index (χ0) is 20.1. The van der Waals surface area contributed by atoms with Gasteiger partial charge in [-0.3, -0.25) is 4.79 Å². The van der Waals surface area contributed by atoms with Crippen molar-refractivity contribution in [3.63, 3.8) is 0 Å². The Balaban J connectivity index is 1.49. The van der Waals surface area contributed by atoms with Crippen LogP contribution in [0.25, 0.3) is 0 Å². The van der Waals surface area contributed by atoms with Gasteiger partial charge >= 0.3 is 6.03 Å². The number of carbonyl (C=O) groups excluding carboxylic acids is 2. The number of aryl methyl sites for hydroxylation is 3. The zero-order valence-corrected chi connectivity index (χ0v) is 16.6. The minimum Gasteiger partial charge on any atom is -0.491 e. The summed E-state index contributed by atoms with van der Waals surface area (Å²) < 4.78 is 5.79. The largest absolute Gasteiger partial charge is 0.491 e. The van der Waals surface area contributed by atoms with Crippen LogP contribution in [0.4, 0.5) is 10.5 Å². The molecule has 0 heterocycles. The van der Waals surface area contributed by atoms with Gasteiger partial charge < -0.3 is 20.7 Å². The van der Waals surface area contributed by atoms with Gasteiger partial charge in [0.15, 0.2) is 0 Å². The number of hydrogen-bond donors (Lipinski definition) is 3. The summed E-state index contributed by atoms with van der Waals surface area (Å²) in [5.41, 5.74) is 4.20. The fourth-order valence-electron chi connectivity index (χ4n) is 2.91. The lowest BCUT2D eigenvalue weighted by molar-refractivity contribution is 0.0951. The van der Waals surface area contributed by atoms with Crippen molar-refractivity contribution in [2.75, 3.05) is 18.5 Å². The van der Waals surface area contributed by atoms with Crippen molar-refractivity contribution in [3.8, 4) is 5.75 Å². The SMILES string of the molecule is Cc1ccc(C(=O)NC2CC2)cc1NC(=O)NCCOc1c(C)cccc1C. The van der Waals surface area contributed by atoms with Crippen molar-refractivity contribution >= 4 is 17.6 Å². The van der Waals surface area contributed by atoms with E-state index in [1.54, 1.807) is 12.1 Å². The maximum Gasteiger partial charge on any atom is 0.319 e. The molecule has 3 rings (SSSR count). The Hall–Kier alpha value is -3.02. The fraction of sp³-hybridized carbons (Fsp3) is 0.364. The molecule has 0 unspecified atom stereocenters. The lowest BCUT2D eigenvalue weighted by Crippen LogP contribution is -2.32. The van der Waals surface area contributed by atoms with Crippen LogP contribution in [0.15, 0.2) is 36.4 Å². The molecule has 0 aliphatic heterocycles. The molecule has 3 amide bonds. The number of nitrogens with one attached hydrogen (secondary N) is 3. The third-order valence-corrected chi connectivity index (χ3v) is 4.70. The Kier molecular flexibility index (Phi) is 6.19. The maximum atomic E-state index is 12.2. The van der Waals surface area contributed by atoms with E-state index in [4.69, 9.17) is 4.74 Å². The first-order valence-corrected chi connectivity index (χ1v) is 9.59. The highest BCUT2D eigenvalue weighted by Crippen LogP contribution is 2.22. The number of carbonyl (C=O) groups is 2. The molecule has 6 heteroatoms. The van der Waals surface area contributed by atoms with Crippen LogP contribution in [-0.4, -0.2) is 31.1 Å². The molecule has 0 bridgehead atoms. The number of hydrogen-bond acceptors (Lipinski definition) is 3. The molecular weight excluding hydrogens is 354 g/mol. The van der Waals surface area contributed by atoms with Crippen LogP contribution in [0.3, 0.4) is 0 Å². The van der Waals surface area contributed by atoms with Gasteiger partial charge in [-0.25, -0.2) is 4.79 Å². The summed E-state index contributed by atoms with van der Waals surface area (Å²) in [4.78, 5) is 24.4. The minimum absolute atomic E-state index is 0.104. The molecule has 0 atom stereocenters. The monoisotopic (exact) mass is 381 g/mol. The molecule has 1 fully saturated rings.